The van der Waals surface area contributed by atoms with Gasteiger partial charge in [0.25, 0.3) is 5.91 Å². The Bertz CT molecular complexity index is 910. The van der Waals surface area contributed by atoms with Crippen molar-refractivity contribution in [2.45, 2.75) is 19.4 Å². The van der Waals surface area contributed by atoms with E-state index in [2.05, 4.69) is 10.3 Å². The first-order chi connectivity index (χ1) is 11.8. The number of rotatable bonds is 4. The van der Waals surface area contributed by atoms with Gasteiger partial charge in [0.1, 0.15) is 0 Å². The number of carbonyl (C=O) groups is 1. The largest absolute Gasteiger partial charge is 0.481 e. The molecular weight excluding hydrogens is 342 g/mol. The molecule has 0 aliphatic carbocycles. The molecule has 0 radical (unpaired) electrons. The number of methoxy groups -OCH3 is 1. The molecule has 2 aromatic rings. The molecule has 7 nitrogen and oxygen atoms in total. The van der Waals surface area contributed by atoms with Gasteiger partial charge in [-0.2, -0.15) is 0 Å². The van der Waals surface area contributed by atoms with Crippen LogP contribution in [-0.4, -0.2) is 38.7 Å². The maximum atomic E-state index is 12.4. The number of fused-ring (bicyclic) bond motifs is 1. The van der Waals surface area contributed by atoms with Crippen LogP contribution in [-0.2, 0) is 16.4 Å². The second kappa shape index (κ2) is 6.36. The zero-order valence-corrected chi connectivity index (χ0v) is 15.0. The van der Waals surface area contributed by atoms with Crippen LogP contribution in [0.3, 0.4) is 0 Å². The molecule has 8 heteroatoms. The quantitative estimate of drug-likeness (QED) is 0.900. The molecule has 1 aliphatic heterocycles. The van der Waals surface area contributed by atoms with Gasteiger partial charge in [-0.1, -0.05) is 0 Å². The molecule has 25 heavy (non-hydrogen) atoms. The van der Waals surface area contributed by atoms with E-state index in [4.69, 9.17) is 4.74 Å². The minimum atomic E-state index is -3.34. The van der Waals surface area contributed by atoms with E-state index in [-0.39, 0.29) is 11.9 Å². The molecule has 3 rings (SSSR count). The Balaban J connectivity index is 1.82. The molecule has 1 amide bonds. The Morgan fingerprint density at radius 2 is 2.08 bits per heavy atom. The van der Waals surface area contributed by atoms with Crippen molar-refractivity contribution in [1.82, 2.24) is 4.98 Å². The minimum Gasteiger partial charge on any atom is -0.481 e. The normalized spacial score (nSPS) is 16.4. The number of amides is 1. The lowest BCUT2D eigenvalue weighted by molar-refractivity contribution is 0.102. The number of nitrogens with zero attached hydrogens (tertiary/aromatic N) is 2. The van der Waals surface area contributed by atoms with Crippen molar-refractivity contribution in [3.05, 3.63) is 47.7 Å². The van der Waals surface area contributed by atoms with Gasteiger partial charge in [0, 0.05) is 17.7 Å². The van der Waals surface area contributed by atoms with Gasteiger partial charge in [0.05, 0.1) is 30.9 Å². The highest BCUT2D eigenvalue weighted by Crippen LogP contribution is 2.34. The summed E-state index contributed by atoms with van der Waals surface area (Å²) in [7, 11) is -1.82. The molecule has 0 saturated heterocycles. The van der Waals surface area contributed by atoms with Crippen LogP contribution in [0, 0.1) is 0 Å². The second-order valence-corrected chi connectivity index (χ2v) is 7.86. The van der Waals surface area contributed by atoms with E-state index in [0.717, 1.165) is 5.56 Å². The molecule has 132 valence electrons. The van der Waals surface area contributed by atoms with E-state index >= 15 is 0 Å². The number of hydrogen-bond acceptors (Lipinski definition) is 5. The molecule has 2 heterocycles. The summed E-state index contributed by atoms with van der Waals surface area (Å²) in [5, 5.41) is 2.76. The summed E-state index contributed by atoms with van der Waals surface area (Å²) >= 11 is 0. The lowest BCUT2D eigenvalue weighted by Crippen LogP contribution is -2.34. The zero-order chi connectivity index (χ0) is 18.2. The Morgan fingerprint density at radius 3 is 2.68 bits per heavy atom. The Hall–Kier alpha value is -2.61. The molecule has 1 N–H and O–H groups in total. The van der Waals surface area contributed by atoms with Crippen molar-refractivity contribution in [2.75, 3.05) is 23.0 Å². The molecule has 1 aromatic heterocycles. The average molecular weight is 361 g/mol. The van der Waals surface area contributed by atoms with E-state index in [1.54, 1.807) is 30.3 Å². The first kappa shape index (κ1) is 17.2. The monoisotopic (exact) mass is 361 g/mol. The maximum Gasteiger partial charge on any atom is 0.255 e. The van der Waals surface area contributed by atoms with E-state index in [1.807, 2.05) is 6.92 Å². The lowest BCUT2D eigenvalue weighted by Gasteiger charge is -2.21. The third kappa shape index (κ3) is 3.43. The van der Waals surface area contributed by atoms with E-state index in [0.29, 0.717) is 29.2 Å². The maximum absolute atomic E-state index is 12.4. The van der Waals surface area contributed by atoms with Crippen LogP contribution >= 0.6 is 0 Å². The molecular formula is C17H19N3O4S. The standard InChI is InChI=1S/C17H19N3O4S/c1-11-8-13-9-12(4-6-15(13)20(11)25(3,22)23)17(21)19-14-5-7-16(24-2)18-10-14/h4-7,9-11H,8H2,1-3H3,(H,19,21)/t11-/m0/s1. The van der Waals surface area contributed by atoms with Gasteiger partial charge in [0.2, 0.25) is 15.9 Å². The fourth-order valence-corrected chi connectivity index (χ4v) is 4.29. The molecule has 0 spiro atoms. The van der Waals surface area contributed by atoms with E-state index < -0.39 is 10.0 Å². The van der Waals surface area contributed by atoms with Crippen molar-refractivity contribution < 1.29 is 17.9 Å². The van der Waals surface area contributed by atoms with Crippen molar-refractivity contribution in [3.63, 3.8) is 0 Å². The summed E-state index contributed by atoms with van der Waals surface area (Å²) in [6.45, 7) is 1.85. The number of anilines is 2. The van der Waals surface area contributed by atoms with Gasteiger partial charge in [0.15, 0.2) is 0 Å². The lowest BCUT2D eigenvalue weighted by atomic mass is 10.1. The van der Waals surface area contributed by atoms with Crippen molar-refractivity contribution >= 4 is 27.3 Å². The smallest absolute Gasteiger partial charge is 0.255 e. The number of hydrogen-bond donors (Lipinski definition) is 1. The molecule has 0 unspecified atom stereocenters. The van der Waals surface area contributed by atoms with Gasteiger partial charge in [-0.15, -0.1) is 0 Å². The predicted octanol–water partition coefficient (Wildman–Crippen LogP) is 2.05. The molecule has 1 aromatic carbocycles. The van der Waals surface area contributed by atoms with Gasteiger partial charge in [-0.05, 0) is 43.2 Å². The van der Waals surface area contributed by atoms with Crippen LogP contribution in [0.2, 0.25) is 0 Å². The molecule has 1 aliphatic rings. The van der Waals surface area contributed by atoms with E-state index in [9.17, 15) is 13.2 Å². The van der Waals surface area contributed by atoms with Crippen molar-refractivity contribution in [3.8, 4) is 5.88 Å². The second-order valence-electron chi connectivity index (χ2n) is 6.00. The number of aromatic nitrogens is 1. The van der Waals surface area contributed by atoms with Gasteiger partial charge >= 0.3 is 0 Å². The highest BCUT2D eigenvalue weighted by Gasteiger charge is 2.32. The Kier molecular flexibility index (Phi) is 4.38. The first-order valence-corrected chi connectivity index (χ1v) is 9.58. The fourth-order valence-electron chi connectivity index (χ4n) is 3.03. The topological polar surface area (TPSA) is 88.6 Å². The minimum absolute atomic E-state index is 0.158. The predicted molar refractivity (Wildman–Crippen MR) is 95.7 cm³/mol. The highest BCUT2D eigenvalue weighted by atomic mass is 32.2. The summed E-state index contributed by atoms with van der Waals surface area (Å²) in [5.74, 6) is 0.186. The van der Waals surface area contributed by atoms with Crippen LogP contribution < -0.4 is 14.4 Å². The molecule has 0 saturated carbocycles. The van der Waals surface area contributed by atoms with Crippen LogP contribution in [0.25, 0.3) is 0 Å². The van der Waals surface area contributed by atoms with E-state index in [1.165, 1.54) is 23.9 Å². The van der Waals surface area contributed by atoms with Crippen molar-refractivity contribution in [2.24, 2.45) is 0 Å². The van der Waals surface area contributed by atoms with Gasteiger partial charge in [-0.25, -0.2) is 13.4 Å². The zero-order valence-electron chi connectivity index (χ0n) is 14.2. The number of sulfonamides is 1. The highest BCUT2D eigenvalue weighted by molar-refractivity contribution is 7.92. The van der Waals surface area contributed by atoms with Crippen molar-refractivity contribution in [1.29, 1.82) is 0 Å². The van der Waals surface area contributed by atoms with Crippen LogP contribution in [0.4, 0.5) is 11.4 Å². The first-order valence-electron chi connectivity index (χ1n) is 7.73. The van der Waals surface area contributed by atoms with Crippen LogP contribution in [0.1, 0.15) is 22.8 Å². The number of pyridine rings is 1. The number of carbonyl (C=O) groups excluding carboxylic acids is 1. The summed E-state index contributed by atoms with van der Waals surface area (Å²) in [5.41, 5.74) is 2.51. The Labute approximate surface area is 146 Å². The van der Waals surface area contributed by atoms with Gasteiger partial charge < -0.3 is 10.1 Å². The average Bonchev–Trinajstić information content (AvgIpc) is 2.90. The molecule has 0 fully saturated rings. The number of nitrogens with one attached hydrogen (secondary N) is 1. The summed E-state index contributed by atoms with van der Waals surface area (Å²) in [4.78, 5) is 16.5. The molecule has 0 bridgehead atoms. The number of benzene rings is 1. The fraction of sp³-hybridized carbons (Fsp3) is 0.294. The van der Waals surface area contributed by atoms with Crippen LogP contribution in [0.15, 0.2) is 36.5 Å². The summed E-state index contributed by atoms with van der Waals surface area (Å²) < 4.78 is 30.3. The third-order valence-electron chi connectivity index (χ3n) is 4.06. The summed E-state index contributed by atoms with van der Waals surface area (Å²) in [6.07, 6.45) is 3.28. The third-order valence-corrected chi connectivity index (χ3v) is 5.33. The summed E-state index contributed by atoms with van der Waals surface area (Å²) in [6, 6.07) is 8.24. The Morgan fingerprint density at radius 1 is 1.32 bits per heavy atom. The molecule has 1 atom stereocenters. The number of ether oxygens (including phenoxy) is 1. The van der Waals surface area contributed by atoms with Crippen LogP contribution in [0.5, 0.6) is 5.88 Å². The SMILES string of the molecule is COc1ccc(NC(=O)c2ccc3c(c2)C[C@H](C)N3S(C)(=O)=O)cn1. The van der Waals surface area contributed by atoms with Gasteiger partial charge in [-0.3, -0.25) is 9.10 Å².